The number of nitrogens with zero attached hydrogens (tertiary/aromatic N) is 1. The van der Waals surface area contributed by atoms with Gasteiger partial charge in [-0.15, -0.1) is 0 Å². The van der Waals surface area contributed by atoms with Gasteiger partial charge in [-0.05, 0) is 74.3 Å². The van der Waals surface area contributed by atoms with Crippen LogP contribution in [-0.2, 0) is 0 Å². The maximum atomic E-state index is 12.4. The summed E-state index contributed by atoms with van der Waals surface area (Å²) in [5.74, 6) is -0.290. The molecule has 0 atom stereocenters. The zero-order chi connectivity index (χ0) is 18.0. The molecular formula is C17H12Br2N2O4. The summed E-state index contributed by atoms with van der Waals surface area (Å²) in [4.78, 5) is 26.0. The molecule has 128 valence electrons. The molecule has 0 radical (unpaired) electrons. The minimum atomic E-state index is -0.383. The van der Waals surface area contributed by atoms with E-state index < -0.39 is 0 Å². The first-order valence-electron chi connectivity index (χ1n) is 7.14. The highest BCUT2D eigenvalue weighted by Gasteiger charge is 2.18. The summed E-state index contributed by atoms with van der Waals surface area (Å²) in [7, 11) is 1.63. The molecule has 0 aliphatic heterocycles. The maximum Gasteiger partial charge on any atom is 0.293 e. The molecule has 2 amide bonds. The summed E-state index contributed by atoms with van der Waals surface area (Å²) in [6, 6.07) is 13.3. The Labute approximate surface area is 160 Å². The third-order valence-electron chi connectivity index (χ3n) is 3.38. The number of amides is 2. The van der Waals surface area contributed by atoms with Gasteiger partial charge < -0.3 is 19.1 Å². The van der Waals surface area contributed by atoms with Crippen molar-refractivity contribution in [2.75, 3.05) is 17.3 Å². The lowest BCUT2D eigenvalue weighted by atomic mass is 10.2. The van der Waals surface area contributed by atoms with Crippen LogP contribution >= 0.6 is 31.9 Å². The molecule has 1 aromatic carbocycles. The Bertz CT molecular complexity index is 932. The molecule has 6 nitrogen and oxygen atoms in total. The second-order valence-corrected chi connectivity index (χ2v) is 6.64. The van der Waals surface area contributed by atoms with Gasteiger partial charge in [0, 0.05) is 18.4 Å². The van der Waals surface area contributed by atoms with E-state index in [1.54, 1.807) is 55.6 Å². The second-order valence-electron chi connectivity index (χ2n) is 5.08. The Balaban J connectivity index is 1.76. The number of benzene rings is 1. The lowest BCUT2D eigenvalue weighted by Crippen LogP contribution is -2.25. The predicted molar refractivity (Wildman–Crippen MR) is 99.9 cm³/mol. The van der Waals surface area contributed by atoms with E-state index in [0.717, 1.165) is 0 Å². The molecule has 0 aliphatic rings. The van der Waals surface area contributed by atoms with Crippen molar-refractivity contribution in [1.82, 2.24) is 0 Å². The molecule has 0 unspecified atom stereocenters. The van der Waals surface area contributed by atoms with E-state index in [9.17, 15) is 9.59 Å². The number of hydrogen-bond acceptors (Lipinski definition) is 4. The SMILES string of the molecule is CN(C(=O)c1ccc(Br)o1)c1cccc(NC(=O)c2ccc(Br)o2)c1. The van der Waals surface area contributed by atoms with E-state index in [1.165, 1.54) is 4.90 Å². The monoisotopic (exact) mass is 466 g/mol. The Kier molecular flexibility index (Phi) is 5.10. The Morgan fingerprint density at radius 3 is 2.20 bits per heavy atom. The summed E-state index contributed by atoms with van der Waals surface area (Å²) in [6.45, 7) is 0. The molecule has 0 fully saturated rings. The van der Waals surface area contributed by atoms with Crippen molar-refractivity contribution in [2.45, 2.75) is 0 Å². The Hall–Kier alpha value is -2.32. The summed E-state index contributed by atoms with van der Waals surface area (Å²) >= 11 is 6.32. The van der Waals surface area contributed by atoms with Crippen LogP contribution in [0.3, 0.4) is 0 Å². The lowest BCUT2D eigenvalue weighted by Gasteiger charge is -2.17. The molecule has 2 heterocycles. The average molecular weight is 468 g/mol. The van der Waals surface area contributed by atoms with Gasteiger partial charge in [0.2, 0.25) is 0 Å². The van der Waals surface area contributed by atoms with Gasteiger partial charge in [0.15, 0.2) is 20.9 Å². The highest BCUT2D eigenvalue weighted by Crippen LogP contribution is 2.23. The second kappa shape index (κ2) is 7.28. The van der Waals surface area contributed by atoms with Crippen LogP contribution in [0.1, 0.15) is 21.1 Å². The van der Waals surface area contributed by atoms with Crippen LogP contribution in [0.2, 0.25) is 0 Å². The number of carbonyl (C=O) groups excluding carboxylic acids is 2. The van der Waals surface area contributed by atoms with Crippen LogP contribution < -0.4 is 10.2 Å². The molecule has 25 heavy (non-hydrogen) atoms. The first-order valence-corrected chi connectivity index (χ1v) is 8.73. The molecule has 0 saturated carbocycles. The summed E-state index contributed by atoms with van der Waals surface area (Å²) in [5.41, 5.74) is 1.14. The highest BCUT2D eigenvalue weighted by molar-refractivity contribution is 9.10. The number of nitrogens with one attached hydrogen (secondary N) is 1. The molecule has 1 N–H and O–H groups in total. The Morgan fingerprint density at radius 1 is 0.960 bits per heavy atom. The predicted octanol–water partition coefficient (Wildman–Crippen LogP) is 4.93. The standard InChI is InChI=1S/C17H12Br2N2O4/c1-21(17(23)13-6-8-15(19)25-13)11-4-2-3-10(9-11)20-16(22)12-5-7-14(18)24-12/h2-9H,1H3,(H,20,22). The third-order valence-corrected chi connectivity index (χ3v) is 4.23. The van der Waals surface area contributed by atoms with Crippen LogP contribution in [0.4, 0.5) is 11.4 Å². The highest BCUT2D eigenvalue weighted by atomic mass is 79.9. The van der Waals surface area contributed by atoms with Crippen molar-refractivity contribution < 1.29 is 18.4 Å². The third kappa shape index (κ3) is 4.02. The van der Waals surface area contributed by atoms with Crippen LogP contribution in [0.15, 0.2) is 66.7 Å². The Morgan fingerprint density at radius 2 is 1.60 bits per heavy atom. The van der Waals surface area contributed by atoms with Crippen molar-refractivity contribution in [2.24, 2.45) is 0 Å². The number of anilines is 2. The fourth-order valence-electron chi connectivity index (χ4n) is 2.13. The van der Waals surface area contributed by atoms with Gasteiger partial charge in [0.1, 0.15) is 0 Å². The molecule has 3 aromatic rings. The fraction of sp³-hybridized carbons (Fsp3) is 0.0588. The normalized spacial score (nSPS) is 10.5. The average Bonchev–Trinajstić information content (AvgIpc) is 3.22. The first kappa shape index (κ1) is 17.5. The molecule has 3 rings (SSSR count). The van der Waals surface area contributed by atoms with E-state index in [4.69, 9.17) is 8.83 Å². The zero-order valence-corrected chi connectivity index (χ0v) is 16.1. The van der Waals surface area contributed by atoms with Crippen LogP contribution in [-0.4, -0.2) is 18.9 Å². The van der Waals surface area contributed by atoms with Gasteiger partial charge in [-0.25, -0.2) is 0 Å². The van der Waals surface area contributed by atoms with E-state index in [1.807, 2.05) is 0 Å². The molecule has 0 bridgehead atoms. The van der Waals surface area contributed by atoms with Gasteiger partial charge in [0.25, 0.3) is 11.8 Å². The van der Waals surface area contributed by atoms with Gasteiger partial charge in [-0.1, -0.05) is 6.07 Å². The fourth-order valence-corrected chi connectivity index (χ4v) is 2.75. The van der Waals surface area contributed by atoms with Gasteiger partial charge in [-0.2, -0.15) is 0 Å². The topological polar surface area (TPSA) is 75.7 Å². The molecule has 0 saturated heterocycles. The van der Waals surface area contributed by atoms with Gasteiger partial charge >= 0.3 is 0 Å². The van der Waals surface area contributed by atoms with E-state index >= 15 is 0 Å². The van der Waals surface area contributed by atoms with E-state index in [-0.39, 0.29) is 23.3 Å². The minimum Gasteiger partial charge on any atom is -0.444 e. The van der Waals surface area contributed by atoms with E-state index in [2.05, 4.69) is 37.2 Å². The molecule has 0 aliphatic carbocycles. The van der Waals surface area contributed by atoms with Crippen molar-refractivity contribution in [3.8, 4) is 0 Å². The maximum absolute atomic E-state index is 12.4. The van der Waals surface area contributed by atoms with Crippen molar-refractivity contribution >= 4 is 55.0 Å². The first-order chi connectivity index (χ1) is 11.9. The van der Waals surface area contributed by atoms with Crippen molar-refractivity contribution in [3.63, 3.8) is 0 Å². The van der Waals surface area contributed by atoms with E-state index in [0.29, 0.717) is 20.7 Å². The summed E-state index contributed by atoms with van der Waals surface area (Å²) < 4.78 is 11.5. The number of hydrogen-bond donors (Lipinski definition) is 1. The van der Waals surface area contributed by atoms with Crippen molar-refractivity contribution in [1.29, 1.82) is 0 Å². The van der Waals surface area contributed by atoms with Gasteiger partial charge in [0.05, 0.1) is 0 Å². The summed E-state index contributed by atoms with van der Waals surface area (Å²) in [5, 5.41) is 2.73. The number of carbonyl (C=O) groups is 2. The lowest BCUT2D eigenvalue weighted by molar-refractivity contribution is 0.0964. The quantitative estimate of drug-likeness (QED) is 0.590. The van der Waals surface area contributed by atoms with Gasteiger partial charge in [-0.3, -0.25) is 9.59 Å². The largest absolute Gasteiger partial charge is 0.444 e. The minimum absolute atomic E-state index is 0.183. The summed E-state index contributed by atoms with van der Waals surface area (Å²) in [6.07, 6.45) is 0. The molecular weight excluding hydrogens is 456 g/mol. The number of halogens is 2. The van der Waals surface area contributed by atoms with Crippen LogP contribution in [0, 0.1) is 0 Å². The molecule has 8 heteroatoms. The van der Waals surface area contributed by atoms with Crippen molar-refractivity contribution in [3.05, 3.63) is 69.4 Å². The number of rotatable bonds is 4. The molecule has 0 spiro atoms. The van der Waals surface area contributed by atoms with Crippen LogP contribution in [0.25, 0.3) is 0 Å². The zero-order valence-electron chi connectivity index (χ0n) is 13.0. The van der Waals surface area contributed by atoms with Crippen LogP contribution in [0.5, 0.6) is 0 Å². The number of furan rings is 2. The molecule has 2 aromatic heterocycles. The smallest absolute Gasteiger partial charge is 0.293 e.